The molecule has 4 aromatic rings. The number of hydrogen-bond donors (Lipinski definition) is 7. The number of piperidine rings is 1. The van der Waals surface area contributed by atoms with E-state index in [1.165, 1.54) is 24.3 Å². The maximum absolute atomic E-state index is 14.3. The second-order valence-corrected chi connectivity index (χ2v) is 16.2. The molecule has 2 amide bonds. The highest BCUT2D eigenvalue weighted by Gasteiger charge is 2.65. The summed E-state index contributed by atoms with van der Waals surface area (Å²) in [5.74, 6) is -16.2. The maximum atomic E-state index is 14.3. The van der Waals surface area contributed by atoms with E-state index < -0.39 is 41.4 Å². The molecule has 1 saturated heterocycles. The molecule has 2 fully saturated rings. The number of nitrogens with zero attached hydrogens (tertiary/aromatic N) is 2. The van der Waals surface area contributed by atoms with Crippen LogP contribution >= 0.6 is 0 Å². The van der Waals surface area contributed by atoms with Gasteiger partial charge in [-0.3, -0.25) is 14.7 Å². The number of aromatic nitrogens is 3. The molecule has 16 heteroatoms. The van der Waals surface area contributed by atoms with Crippen LogP contribution in [0.4, 0.5) is 23.2 Å². The summed E-state index contributed by atoms with van der Waals surface area (Å²) < 4.78 is 56.0. The minimum Gasteiger partial charge on any atom is -0.477 e. The van der Waals surface area contributed by atoms with E-state index >= 15 is 0 Å². The molecular formula is C43H48F4N8O4. The third-order valence-corrected chi connectivity index (χ3v) is 12.0. The number of hydrogen-bond acceptors (Lipinski definition) is 8. The first kappa shape index (κ1) is 41.5. The molecule has 1 aromatic heterocycles. The number of fused-ring (bicyclic) bond motifs is 1. The van der Waals surface area contributed by atoms with Gasteiger partial charge in [0.15, 0.2) is 5.82 Å². The molecule has 3 aromatic carbocycles. The number of rotatable bonds is 13. The Balaban J connectivity index is 1.05. The summed E-state index contributed by atoms with van der Waals surface area (Å²) in [4.78, 5) is 41.5. The highest BCUT2D eigenvalue weighted by atomic mass is 19.3. The first-order valence-electron chi connectivity index (χ1n) is 19.8. The molecule has 3 heterocycles. The van der Waals surface area contributed by atoms with Crippen molar-refractivity contribution in [2.24, 2.45) is 23.0 Å². The van der Waals surface area contributed by atoms with Crippen LogP contribution in [0, 0.1) is 24.2 Å². The molecule has 12 nitrogen and oxygen atoms in total. The fraction of sp³-hybridized carbons (Fsp3) is 0.419. The van der Waals surface area contributed by atoms with Crippen molar-refractivity contribution in [2.45, 2.75) is 76.3 Å². The molecule has 2 unspecified atom stereocenters. The van der Waals surface area contributed by atoms with Gasteiger partial charge < -0.3 is 32.1 Å². The van der Waals surface area contributed by atoms with E-state index in [1.807, 2.05) is 24.3 Å². The Hall–Kier alpha value is -5.61. The van der Waals surface area contributed by atoms with Gasteiger partial charge in [0.25, 0.3) is 0 Å². The number of alkyl halides is 4. The van der Waals surface area contributed by atoms with Crippen molar-refractivity contribution < 1.29 is 37.1 Å². The predicted molar refractivity (Wildman–Crippen MR) is 214 cm³/mol. The van der Waals surface area contributed by atoms with Gasteiger partial charge in [-0.25, -0.2) is 9.78 Å². The van der Waals surface area contributed by atoms with Crippen LogP contribution in [0.25, 0.3) is 28.2 Å². The lowest BCUT2D eigenvalue weighted by molar-refractivity contribution is -0.231. The topological polar surface area (TPSA) is 187 Å². The lowest BCUT2D eigenvalue weighted by atomic mass is 9.80. The number of nitrogens with two attached hydrogens (primary N) is 1. The number of halogens is 4. The summed E-state index contributed by atoms with van der Waals surface area (Å²) in [6.07, 6.45) is 6.61. The van der Waals surface area contributed by atoms with Crippen LogP contribution in [0.15, 0.2) is 72.8 Å². The van der Waals surface area contributed by atoms with Crippen LogP contribution in [0.3, 0.4) is 0 Å². The van der Waals surface area contributed by atoms with Gasteiger partial charge in [0, 0.05) is 47.3 Å². The monoisotopic (exact) mass is 816 g/mol. The van der Waals surface area contributed by atoms with Crippen LogP contribution < -0.4 is 27.0 Å². The first-order chi connectivity index (χ1) is 28.1. The SMILES string of the molecule is Cc1cc(C2=CC3(C)CNCCC3N2)ccc1-c1ccc(C[C@H](NC(=O)C2CCC(CN)CC2)C(=O)Nc2ccc(-c3n[nH]c(C(F)(F)C(F)(F)C(=O)O)n3)cc2)cc1. The lowest BCUT2D eigenvalue weighted by Gasteiger charge is -2.35. The zero-order chi connectivity index (χ0) is 42.1. The van der Waals surface area contributed by atoms with Gasteiger partial charge in [0.2, 0.25) is 17.6 Å². The third-order valence-electron chi connectivity index (χ3n) is 12.0. The number of carboxylic acid groups (broad SMARTS) is 1. The van der Waals surface area contributed by atoms with Crippen molar-refractivity contribution in [3.05, 3.63) is 95.3 Å². The number of benzene rings is 3. The number of carbonyl (C=O) groups is 3. The number of aromatic amines is 1. The summed E-state index contributed by atoms with van der Waals surface area (Å²) in [7, 11) is 0. The average molecular weight is 817 g/mol. The molecular weight excluding hydrogens is 769 g/mol. The van der Waals surface area contributed by atoms with E-state index in [0.29, 0.717) is 37.0 Å². The van der Waals surface area contributed by atoms with Crippen molar-refractivity contribution in [2.75, 3.05) is 25.0 Å². The minimum atomic E-state index is -5.43. The summed E-state index contributed by atoms with van der Waals surface area (Å²) in [6.45, 7) is 6.89. The average Bonchev–Trinajstić information content (AvgIpc) is 3.87. The number of carbonyl (C=O) groups excluding carboxylic acids is 2. The molecule has 7 rings (SSSR count). The number of aryl methyl sites for hydroxylation is 1. The van der Waals surface area contributed by atoms with Crippen LogP contribution in [-0.4, -0.2) is 75.7 Å². The number of nitrogens with one attached hydrogen (secondary N) is 5. The Morgan fingerprint density at radius 1 is 0.949 bits per heavy atom. The van der Waals surface area contributed by atoms with Crippen LogP contribution in [-0.2, 0) is 26.7 Å². The second-order valence-electron chi connectivity index (χ2n) is 16.2. The van der Waals surface area contributed by atoms with E-state index in [4.69, 9.17) is 10.8 Å². The predicted octanol–water partition coefficient (Wildman–Crippen LogP) is 6.00. The van der Waals surface area contributed by atoms with Crippen molar-refractivity contribution in [1.82, 2.24) is 31.1 Å². The van der Waals surface area contributed by atoms with Gasteiger partial charge in [-0.15, -0.1) is 0 Å². The zero-order valence-electron chi connectivity index (χ0n) is 32.8. The molecule has 0 bridgehead atoms. The largest absolute Gasteiger partial charge is 0.477 e. The number of carboxylic acids is 1. The molecule has 8 N–H and O–H groups in total. The second kappa shape index (κ2) is 16.6. The molecule has 3 atom stereocenters. The Bertz CT molecular complexity index is 2220. The fourth-order valence-electron chi connectivity index (χ4n) is 8.29. The smallest absolute Gasteiger partial charge is 0.411 e. The van der Waals surface area contributed by atoms with Gasteiger partial charge in [-0.2, -0.15) is 22.7 Å². The van der Waals surface area contributed by atoms with E-state index in [1.54, 1.807) is 5.10 Å². The summed E-state index contributed by atoms with van der Waals surface area (Å²) in [5, 5.41) is 26.9. The highest BCUT2D eigenvalue weighted by molar-refractivity contribution is 5.98. The van der Waals surface area contributed by atoms with Crippen LogP contribution in [0.5, 0.6) is 0 Å². The Morgan fingerprint density at radius 2 is 1.63 bits per heavy atom. The van der Waals surface area contributed by atoms with Crippen molar-refractivity contribution >= 4 is 29.2 Å². The van der Waals surface area contributed by atoms with Gasteiger partial charge >= 0.3 is 17.8 Å². The Kier molecular flexibility index (Phi) is 11.7. The minimum absolute atomic E-state index is 0.0754. The molecule has 0 spiro atoms. The van der Waals surface area contributed by atoms with E-state index in [2.05, 4.69) is 69.5 Å². The molecule has 1 aliphatic carbocycles. The van der Waals surface area contributed by atoms with Crippen molar-refractivity contribution in [1.29, 1.82) is 0 Å². The molecule has 312 valence electrons. The third kappa shape index (κ3) is 8.60. The Morgan fingerprint density at radius 3 is 2.27 bits per heavy atom. The van der Waals surface area contributed by atoms with Crippen molar-refractivity contribution in [3.63, 3.8) is 0 Å². The summed E-state index contributed by atoms with van der Waals surface area (Å²) in [6, 6.07) is 19.4. The van der Waals surface area contributed by atoms with Crippen molar-refractivity contribution in [3.8, 4) is 22.5 Å². The maximum Gasteiger partial charge on any atom is 0.411 e. The van der Waals surface area contributed by atoms with Crippen LogP contribution in [0.1, 0.15) is 61.5 Å². The number of H-pyrrole nitrogens is 1. The highest BCUT2D eigenvalue weighted by Crippen LogP contribution is 2.42. The molecule has 0 radical (unpaired) electrons. The fourth-order valence-corrected chi connectivity index (χ4v) is 8.29. The van der Waals surface area contributed by atoms with Gasteiger partial charge in [-0.1, -0.05) is 49.4 Å². The van der Waals surface area contributed by atoms with E-state index in [-0.39, 0.29) is 29.2 Å². The summed E-state index contributed by atoms with van der Waals surface area (Å²) in [5.41, 5.74) is 12.7. The van der Waals surface area contributed by atoms with Gasteiger partial charge in [-0.05, 0) is 116 Å². The summed E-state index contributed by atoms with van der Waals surface area (Å²) >= 11 is 0. The Labute approximate surface area is 338 Å². The number of anilines is 1. The van der Waals surface area contributed by atoms with E-state index in [9.17, 15) is 31.9 Å². The number of aliphatic carboxylic acids is 1. The van der Waals surface area contributed by atoms with Gasteiger partial charge in [0.05, 0.1) is 0 Å². The van der Waals surface area contributed by atoms with Crippen LogP contribution in [0.2, 0.25) is 0 Å². The van der Waals surface area contributed by atoms with Gasteiger partial charge in [0.1, 0.15) is 6.04 Å². The lowest BCUT2D eigenvalue weighted by Crippen LogP contribution is -2.49. The quantitative estimate of drug-likeness (QED) is 0.0795. The standard InChI is InChI=1S/C43H48F4N8O4/c1-24-19-30(34-21-41(2)23-49-18-17-35(41)51-34)13-16-32(24)27-7-3-25(4-8-27)20-33(52-37(56)29-9-5-26(22-48)6-10-29)38(57)50-31-14-11-28(12-15-31)36-53-39(55-54-36)42(44,45)43(46,47)40(58)59/h3-4,7-8,11-16,19,21,26,29,33,35,49,51H,5-6,9-10,17-18,20,22-23,48H2,1-2H3,(H,50,57)(H,52,56)(H,58,59)(H,53,54,55)/t26?,29?,33-,35?,41?/m0/s1. The zero-order valence-corrected chi connectivity index (χ0v) is 32.8. The number of amides is 2. The molecule has 3 aliphatic rings. The molecule has 1 saturated carbocycles. The first-order valence-corrected chi connectivity index (χ1v) is 19.8. The molecule has 59 heavy (non-hydrogen) atoms. The normalized spacial score (nSPS) is 22.4. The molecule has 2 aliphatic heterocycles. The van der Waals surface area contributed by atoms with E-state index in [0.717, 1.165) is 65.9 Å².